The molecule has 3 heteroatoms. The van der Waals surface area contributed by atoms with Crippen LogP contribution in [0.15, 0.2) is 24.3 Å². The van der Waals surface area contributed by atoms with E-state index in [9.17, 15) is 5.11 Å². The highest BCUT2D eigenvalue weighted by Gasteiger charge is 2.19. The lowest BCUT2D eigenvalue weighted by Crippen LogP contribution is -2.36. The van der Waals surface area contributed by atoms with Crippen molar-refractivity contribution < 1.29 is 5.11 Å². The molecule has 2 saturated heterocycles. The van der Waals surface area contributed by atoms with Gasteiger partial charge in [-0.3, -0.25) is 4.90 Å². The molecule has 2 heterocycles. The molecule has 3 rings (SSSR count). The van der Waals surface area contributed by atoms with Gasteiger partial charge in [-0.05, 0) is 55.8 Å². The number of likely N-dealkylation sites (tertiary alicyclic amines) is 1. The highest BCUT2D eigenvalue weighted by Crippen LogP contribution is 2.22. The van der Waals surface area contributed by atoms with Crippen LogP contribution in [0.25, 0.3) is 0 Å². The molecule has 2 aliphatic rings. The van der Waals surface area contributed by atoms with E-state index in [0.717, 1.165) is 13.1 Å². The Morgan fingerprint density at radius 2 is 1.64 bits per heavy atom. The van der Waals surface area contributed by atoms with E-state index in [-0.39, 0.29) is 0 Å². The zero-order valence-electron chi connectivity index (χ0n) is 13.7. The number of benzene rings is 1. The number of hydrogen-bond donors (Lipinski definition) is 1. The second-order valence-corrected chi connectivity index (χ2v) is 6.99. The van der Waals surface area contributed by atoms with Crippen LogP contribution in [0.5, 0.6) is 0 Å². The summed E-state index contributed by atoms with van der Waals surface area (Å²) in [6.45, 7) is 6.00. The summed E-state index contributed by atoms with van der Waals surface area (Å²) in [7, 11) is 0. The summed E-state index contributed by atoms with van der Waals surface area (Å²) in [6.07, 6.45) is 7.83. The summed E-state index contributed by atoms with van der Waals surface area (Å²) < 4.78 is 0. The summed E-state index contributed by atoms with van der Waals surface area (Å²) in [5, 5.41) is 9.35. The summed E-state index contributed by atoms with van der Waals surface area (Å²) >= 11 is 0. The Kier molecular flexibility index (Phi) is 5.74. The van der Waals surface area contributed by atoms with Crippen LogP contribution < -0.4 is 4.90 Å². The molecular weight excluding hydrogens is 272 g/mol. The van der Waals surface area contributed by atoms with E-state index in [4.69, 9.17) is 0 Å². The predicted octanol–water partition coefficient (Wildman–Crippen LogP) is 3.27. The molecule has 0 radical (unpaired) electrons. The van der Waals surface area contributed by atoms with Gasteiger partial charge in [-0.15, -0.1) is 0 Å². The molecule has 0 amide bonds. The lowest BCUT2D eigenvalue weighted by molar-refractivity contribution is 0.116. The van der Waals surface area contributed by atoms with Crippen molar-refractivity contribution in [3.63, 3.8) is 0 Å². The van der Waals surface area contributed by atoms with Gasteiger partial charge in [-0.2, -0.15) is 0 Å². The number of nitrogens with zero attached hydrogens (tertiary/aromatic N) is 2. The maximum Gasteiger partial charge on any atom is 0.0471 e. The zero-order valence-corrected chi connectivity index (χ0v) is 13.7. The molecule has 2 aliphatic heterocycles. The Morgan fingerprint density at radius 1 is 0.909 bits per heavy atom. The third-order valence-electron chi connectivity index (χ3n) is 5.18. The van der Waals surface area contributed by atoms with E-state index in [1.54, 1.807) is 0 Å². The van der Waals surface area contributed by atoms with Crippen LogP contribution in [-0.4, -0.2) is 42.8 Å². The third kappa shape index (κ3) is 4.23. The van der Waals surface area contributed by atoms with Crippen molar-refractivity contribution in [3.05, 3.63) is 29.8 Å². The standard InChI is InChI=1S/C19H30N2O/c22-16-18-6-5-11-20(15-18)14-17-7-9-19(10-8-17)21-12-3-1-2-4-13-21/h7-10,18,22H,1-6,11-16H2. The van der Waals surface area contributed by atoms with Crippen LogP contribution in [0.4, 0.5) is 5.69 Å². The first-order valence-electron chi connectivity index (χ1n) is 9.02. The van der Waals surface area contributed by atoms with E-state index in [2.05, 4.69) is 34.1 Å². The molecule has 2 fully saturated rings. The molecule has 0 aromatic heterocycles. The van der Waals surface area contributed by atoms with Crippen molar-refractivity contribution in [1.82, 2.24) is 4.90 Å². The molecule has 1 unspecified atom stereocenters. The molecule has 3 nitrogen and oxygen atoms in total. The number of hydrogen-bond acceptors (Lipinski definition) is 3. The second-order valence-electron chi connectivity index (χ2n) is 6.99. The van der Waals surface area contributed by atoms with Crippen LogP contribution in [0.2, 0.25) is 0 Å². The monoisotopic (exact) mass is 302 g/mol. The first kappa shape index (κ1) is 15.8. The van der Waals surface area contributed by atoms with Crippen LogP contribution >= 0.6 is 0 Å². The minimum Gasteiger partial charge on any atom is -0.396 e. The molecular formula is C19H30N2O. The van der Waals surface area contributed by atoms with Crippen LogP contribution in [0, 0.1) is 5.92 Å². The second kappa shape index (κ2) is 7.98. The number of aliphatic hydroxyl groups is 1. The van der Waals surface area contributed by atoms with E-state index in [1.165, 1.54) is 69.4 Å². The number of aliphatic hydroxyl groups excluding tert-OH is 1. The Labute approximate surface area is 134 Å². The summed E-state index contributed by atoms with van der Waals surface area (Å²) in [5.41, 5.74) is 2.79. The van der Waals surface area contributed by atoms with Gasteiger partial charge in [-0.1, -0.05) is 25.0 Å². The van der Waals surface area contributed by atoms with Crippen LogP contribution in [-0.2, 0) is 6.54 Å². The summed E-state index contributed by atoms with van der Waals surface area (Å²) in [4.78, 5) is 5.03. The molecule has 122 valence electrons. The first-order chi connectivity index (χ1) is 10.8. The lowest BCUT2D eigenvalue weighted by Gasteiger charge is -2.32. The minimum absolute atomic E-state index is 0.338. The van der Waals surface area contributed by atoms with E-state index < -0.39 is 0 Å². The summed E-state index contributed by atoms with van der Waals surface area (Å²) in [6, 6.07) is 9.19. The molecule has 0 bridgehead atoms. The number of anilines is 1. The topological polar surface area (TPSA) is 26.7 Å². The Bertz CT molecular complexity index is 437. The van der Waals surface area contributed by atoms with Gasteiger partial charge in [0.05, 0.1) is 0 Å². The fourth-order valence-corrected chi connectivity index (χ4v) is 3.84. The van der Waals surface area contributed by atoms with Crippen molar-refractivity contribution in [3.8, 4) is 0 Å². The largest absolute Gasteiger partial charge is 0.396 e. The smallest absolute Gasteiger partial charge is 0.0471 e. The fourth-order valence-electron chi connectivity index (χ4n) is 3.84. The number of piperidine rings is 1. The van der Waals surface area contributed by atoms with Gasteiger partial charge in [0, 0.05) is 38.5 Å². The lowest BCUT2D eigenvalue weighted by atomic mass is 9.98. The van der Waals surface area contributed by atoms with E-state index >= 15 is 0 Å². The third-order valence-corrected chi connectivity index (χ3v) is 5.18. The van der Waals surface area contributed by atoms with Gasteiger partial charge in [-0.25, -0.2) is 0 Å². The highest BCUT2D eigenvalue weighted by atomic mass is 16.3. The van der Waals surface area contributed by atoms with Gasteiger partial charge in [0.2, 0.25) is 0 Å². The van der Waals surface area contributed by atoms with Crippen molar-refractivity contribution >= 4 is 5.69 Å². The van der Waals surface area contributed by atoms with Crippen molar-refractivity contribution in [2.24, 2.45) is 5.92 Å². The van der Waals surface area contributed by atoms with Crippen molar-refractivity contribution in [2.75, 3.05) is 37.7 Å². The molecule has 1 N–H and O–H groups in total. The van der Waals surface area contributed by atoms with Crippen molar-refractivity contribution in [2.45, 2.75) is 45.1 Å². The van der Waals surface area contributed by atoms with Gasteiger partial charge in [0.25, 0.3) is 0 Å². The van der Waals surface area contributed by atoms with Gasteiger partial charge in [0.1, 0.15) is 0 Å². The van der Waals surface area contributed by atoms with Crippen LogP contribution in [0.3, 0.4) is 0 Å². The quantitative estimate of drug-likeness (QED) is 0.924. The molecule has 1 aromatic carbocycles. The molecule has 22 heavy (non-hydrogen) atoms. The normalized spacial score (nSPS) is 24.2. The van der Waals surface area contributed by atoms with Gasteiger partial charge < -0.3 is 10.0 Å². The van der Waals surface area contributed by atoms with Crippen LogP contribution in [0.1, 0.15) is 44.1 Å². The average Bonchev–Trinajstić information content (AvgIpc) is 2.85. The number of rotatable bonds is 4. The maximum absolute atomic E-state index is 9.35. The Balaban J connectivity index is 1.56. The zero-order chi connectivity index (χ0) is 15.2. The minimum atomic E-state index is 0.338. The van der Waals surface area contributed by atoms with Gasteiger partial charge in [0.15, 0.2) is 0 Å². The predicted molar refractivity (Wildman–Crippen MR) is 92.2 cm³/mol. The maximum atomic E-state index is 9.35. The average molecular weight is 302 g/mol. The van der Waals surface area contributed by atoms with E-state index in [0.29, 0.717) is 12.5 Å². The van der Waals surface area contributed by atoms with Crippen molar-refractivity contribution in [1.29, 1.82) is 0 Å². The molecule has 1 aromatic rings. The first-order valence-corrected chi connectivity index (χ1v) is 9.02. The summed E-state index contributed by atoms with van der Waals surface area (Å²) in [5.74, 6) is 0.477. The Morgan fingerprint density at radius 3 is 2.32 bits per heavy atom. The molecule has 0 saturated carbocycles. The SMILES string of the molecule is OCC1CCCN(Cc2ccc(N3CCCCCC3)cc2)C1. The molecule has 0 aliphatic carbocycles. The Hall–Kier alpha value is -1.06. The highest BCUT2D eigenvalue weighted by molar-refractivity contribution is 5.47. The molecule has 0 spiro atoms. The van der Waals surface area contributed by atoms with E-state index in [1.807, 2.05) is 0 Å². The van der Waals surface area contributed by atoms with Gasteiger partial charge >= 0.3 is 0 Å². The molecule has 1 atom stereocenters. The fraction of sp³-hybridized carbons (Fsp3) is 0.684.